The van der Waals surface area contributed by atoms with Crippen LogP contribution >= 0.6 is 11.3 Å². The molecule has 2 aromatic heterocycles. The second-order valence-corrected chi connectivity index (χ2v) is 7.33. The normalized spacial score (nSPS) is 11.8. The van der Waals surface area contributed by atoms with E-state index in [0.29, 0.717) is 31.0 Å². The molecule has 0 saturated heterocycles. The van der Waals surface area contributed by atoms with Gasteiger partial charge in [-0.05, 0) is 23.9 Å². The van der Waals surface area contributed by atoms with Gasteiger partial charge in [0.15, 0.2) is 6.10 Å². The summed E-state index contributed by atoms with van der Waals surface area (Å²) in [6.45, 7) is 2.81. The summed E-state index contributed by atoms with van der Waals surface area (Å²) in [6, 6.07) is 13.7. The number of benzene rings is 1. The topological polar surface area (TPSA) is 82.5 Å². The minimum Gasteiger partial charge on any atom is -0.449 e. The van der Waals surface area contributed by atoms with E-state index in [-0.39, 0.29) is 5.91 Å². The van der Waals surface area contributed by atoms with Gasteiger partial charge in [-0.2, -0.15) is 5.10 Å². The van der Waals surface area contributed by atoms with Crippen LogP contribution in [0.5, 0.6) is 0 Å². The molecular weight excluding hydrogens is 390 g/mol. The van der Waals surface area contributed by atoms with Crippen molar-refractivity contribution in [3.63, 3.8) is 0 Å². The summed E-state index contributed by atoms with van der Waals surface area (Å²) in [5.41, 5.74) is 1.95. The van der Waals surface area contributed by atoms with E-state index in [1.807, 2.05) is 47.8 Å². The molecule has 0 spiro atoms. The van der Waals surface area contributed by atoms with Crippen molar-refractivity contribution in [1.29, 1.82) is 0 Å². The van der Waals surface area contributed by atoms with Crippen molar-refractivity contribution in [2.24, 2.45) is 0 Å². The first-order valence-corrected chi connectivity index (χ1v) is 10.1. The summed E-state index contributed by atoms with van der Waals surface area (Å²) in [7, 11) is 1.55. The van der Waals surface area contributed by atoms with E-state index in [1.165, 1.54) is 11.3 Å². The molecule has 1 atom stereocenters. The second-order valence-electron chi connectivity index (χ2n) is 6.38. The molecule has 0 bridgehead atoms. The molecule has 0 saturated carbocycles. The number of nitrogens with zero attached hydrogens (tertiary/aromatic N) is 2. The summed E-state index contributed by atoms with van der Waals surface area (Å²) < 4.78 is 12.0. The standard InChI is InChI=1S/C21H23N3O4S/c1-15(20(25)22-10-11-27-2)28-21(26)17-14-24(13-16-7-4-3-5-8-16)23-19(17)18-9-6-12-29-18/h3-9,12,14-15H,10-11,13H2,1-2H3,(H,22,25)/t15-/m1/s1. The van der Waals surface area contributed by atoms with Crippen molar-refractivity contribution in [1.82, 2.24) is 15.1 Å². The Balaban J connectivity index is 1.77. The molecule has 0 aliphatic carbocycles. The third-order valence-electron chi connectivity index (χ3n) is 4.18. The highest BCUT2D eigenvalue weighted by Gasteiger charge is 2.24. The Labute approximate surface area is 173 Å². The highest BCUT2D eigenvalue weighted by Crippen LogP contribution is 2.27. The van der Waals surface area contributed by atoms with Gasteiger partial charge >= 0.3 is 5.97 Å². The fourth-order valence-corrected chi connectivity index (χ4v) is 3.44. The first-order valence-electron chi connectivity index (χ1n) is 9.21. The van der Waals surface area contributed by atoms with Gasteiger partial charge in [-0.25, -0.2) is 4.79 Å². The minimum atomic E-state index is -0.923. The molecule has 0 radical (unpaired) electrons. The van der Waals surface area contributed by atoms with Crippen LogP contribution in [0.2, 0.25) is 0 Å². The predicted molar refractivity (Wildman–Crippen MR) is 111 cm³/mol. The highest BCUT2D eigenvalue weighted by atomic mass is 32.1. The lowest BCUT2D eigenvalue weighted by Crippen LogP contribution is -2.37. The molecule has 0 fully saturated rings. The first-order chi connectivity index (χ1) is 14.1. The van der Waals surface area contributed by atoms with Crippen LogP contribution in [-0.2, 0) is 20.8 Å². The molecule has 1 N–H and O–H groups in total. The van der Waals surface area contributed by atoms with E-state index in [9.17, 15) is 9.59 Å². The van der Waals surface area contributed by atoms with E-state index < -0.39 is 12.1 Å². The summed E-state index contributed by atoms with van der Waals surface area (Å²) in [5, 5.41) is 9.17. The molecule has 1 aromatic carbocycles. The van der Waals surface area contributed by atoms with Gasteiger partial charge in [0, 0.05) is 19.9 Å². The molecule has 3 rings (SSSR count). The van der Waals surface area contributed by atoms with Crippen LogP contribution in [0.1, 0.15) is 22.8 Å². The van der Waals surface area contributed by atoms with Gasteiger partial charge in [-0.3, -0.25) is 9.48 Å². The molecule has 2 heterocycles. The van der Waals surface area contributed by atoms with Gasteiger partial charge in [0.25, 0.3) is 5.91 Å². The summed E-state index contributed by atoms with van der Waals surface area (Å²) in [4.78, 5) is 25.7. The molecule has 8 heteroatoms. The third-order valence-corrected chi connectivity index (χ3v) is 5.06. The number of aromatic nitrogens is 2. The quantitative estimate of drug-likeness (QED) is 0.431. The molecule has 0 aliphatic heterocycles. The lowest BCUT2D eigenvalue weighted by Gasteiger charge is -2.13. The number of hydrogen-bond donors (Lipinski definition) is 1. The van der Waals surface area contributed by atoms with Crippen LogP contribution in [0, 0.1) is 0 Å². The maximum Gasteiger partial charge on any atom is 0.342 e. The summed E-state index contributed by atoms with van der Waals surface area (Å²) in [6.07, 6.45) is 0.743. The monoisotopic (exact) mass is 413 g/mol. The van der Waals surface area contributed by atoms with E-state index in [4.69, 9.17) is 9.47 Å². The van der Waals surface area contributed by atoms with Crippen LogP contribution in [0.4, 0.5) is 0 Å². The van der Waals surface area contributed by atoms with Gasteiger partial charge in [-0.1, -0.05) is 36.4 Å². The molecule has 0 aliphatic rings. The van der Waals surface area contributed by atoms with Gasteiger partial charge in [0.2, 0.25) is 0 Å². The number of carbonyl (C=O) groups is 2. The Kier molecular flexibility index (Phi) is 7.15. The van der Waals surface area contributed by atoms with E-state index in [0.717, 1.165) is 10.4 Å². The molecule has 29 heavy (non-hydrogen) atoms. The van der Waals surface area contributed by atoms with Crippen molar-refractivity contribution in [2.45, 2.75) is 19.6 Å². The maximum atomic E-state index is 12.8. The zero-order valence-corrected chi connectivity index (χ0v) is 17.1. The second kappa shape index (κ2) is 9.99. The highest BCUT2D eigenvalue weighted by molar-refractivity contribution is 7.13. The number of ether oxygens (including phenoxy) is 2. The molecule has 7 nitrogen and oxygen atoms in total. The molecule has 152 valence electrons. The first kappa shape index (κ1) is 20.8. The zero-order valence-electron chi connectivity index (χ0n) is 16.3. The SMILES string of the molecule is COCCNC(=O)[C@@H](C)OC(=O)c1cn(Cc2ccccc2)nc1-c1cccs1. The Bertz CT molecular complexity index is 938. The maximum absolute atomic E-state index is 12.8. The van der Waals surface area contributed by atoms with E-state index in [1.54, 1.807) is 24.9 Å². The molecule has 1 amide bonds. The van der Waals surface area contributed by atoms with Crippen molar-refractivity contribution in [3.8, 4) is 10.6 Å². The minimum absolute atomic E-state index is 0.333. The van der Waals surface area contributed by atoms with Crippen molar-refractivity contribution in [2.75, 3.05) is 20.3 Å². The predicted octanol–water partition coefficient (Wildman–Crippen LogP) is 2.97. The number of thiophene rings is 1. The van der Waals surface area contributed by atoms with Crippen LogP contribution in [0.3, 0.4) is 0 Å². The van der Waals surface area contributed by atoms with Gasteiger partial charge in [-0.15, -0.1) is 11.3 Å². The van der Waals surface area contributed by atoms with Crippen molar-refractivity contribution < 1.29 is 19.1 Å². The van der Waals surface area contributed by atoms with Gasteiger partial charge in [0.05, 0.1) is 18.0 Å². The number of methoxy groups -OCH3 is 1. The summed E-state index contributed by atoms with van der Waals surface area (Å²) >= 11 is 1.49. The summed E-state index contributed by atoms with van der Waals surface area (Å²) in [5.74, 6) is -0.952. The average Bonchev–Trinajstić information content (AvgIpc) is 3.38. The largest absolute Gasteiger partial charge is 0.449 e. The fourth-order valence-electron chi connectivity index (χ4n) is 2.72. The molecule has 0 unspecified atom stereocenters. The average molecular weight is 413 g/mol. The van der Waals surface area contributed by atoms with E-state index in [2.05, 4.69) is 10.4 Å². The Morgan fingerprint density at radius 3 is 2.69 bits per heavy atom. The van der Waals surface area contributed by atoms with E-state index >= 15 is 0 Å². The molecular formula is C21H23N3O4S. The number of amides is 1. The molecule has 3 aromatic rings. The third kappa shape index (κ3) is 5.52. The smallest absolute Gasteiger partial charge is 0.342 e. The Hall–Kier alpha value is -2.97. The van der Waals surface area contributed by atoms with Crippen LogP contribution < -0.4 is 5.32 Å². The van der Waals surface area contributed by atoms with Crippen LogP contribution in [0.15, 0.2) is 54.0 Å². The number of nitrogens with one attached hydrogen (secondary N) is 1. The number of esters is 1. The van der Waals surface area contributed by atoms with Crippen LogP contribution in [0.25, 0.3) is 10.6 Å². The fraction of sp³-hybridized carbons (Fsp3) is 0.286. The van der Waals surface area contributed by atoms with Crippen LogP contribution in [-0.4, -0.2) is 48.0 Å². The van der Waals surface area contributed by atoms with Gasteiger partial charge < -0.3 is 14.8 Å². The van der Waals surface area contributed by atoms with Gasteiger partial charge in [0.1, 0.15) is 11.3 Å². The van der Waals surface area contributed by atoms with Crippen molar-refractivity contribution in [3.05, 3.63) is 65.2 Å². The Morgan fingerprint density at radius 2 is 2.00 bits per heavy atom. The zero-order chi connectivity index (χ0) is 20.6. The number of carbonyl (C=O) groups excluding carboxylic acids is 2. The number of rotatable bonds is 9. The lowest BCUT2D eigenvalue weighted by atomic mass is 10.2. The number of hydrogen-bond acceptors (Lipinski definition) is 6. The van der Waals surface area contributed by atoms with Crippen molar-refractivity contribution >= 4 is 23.2 Å². The lowest BCUT2D eigenvalue weighted by molar-refractivity contribution is -0.129. The Morgan fingerprint density at radius 1 is 1.21 bits per heavy atom.